The number of carbonyl (C=O) groups excluding carboxylic acids is 2. The number of imidazole rings is 1. The van der Waals surface area contributed by atoms with Gasteiger partial charge >= 0.3 is 0 Å². The van der Waals surface area contributed by atoms with Crippen molar-refractivity contribution in [2.24, 2.45) is 13.0 Å². The molecule has 2 heterocycles. The van der Waals surface area contributed by atoms with E-state index in [-0.39, 0.29) is 24.2 Å². The molecular formula is C21H25N5O3S. The average molecular weight is 428 g/mol. The minimum atomic E-state index is -0.439. The molecule has 0 bridgehead atoms. The highest BCUT2D eigenvalue weighted by Gasteiger charge is 2.22. The number of hydrogen-bond acceptors (Lipinski definition) is 6. The minimum Gasteiger partial charge on any atom is -0.497 e. The zero-order valence-electron chi connectivity index (χ0n) is 17.4. The van der Waals surface area contributed by atoms with E-state index in [1.807, 2.05) is 55.9 Å². The van der Waals surface area contributed by atoms with Crippen LogP contribution in [0.3, 0.4) is 0 Å². The number of carbonyl (C=O) groups is 2. The van der Waals surface area contributed by atoms with E-state index in [2.05, 4.69) is 20.6 Å². The fourth-order valence-corrected chi connectivity index (χ4v) is 3.56. The van der Waals surface area contributed by atoms with Crippen molar-refractivity contribution in [1.82, 2.24) is 19.9 Å². The average Bonchev–Trinajstić information content (AvgIpc) is 3.34. The van der Waals surface area contributed by atoms with Crippen LogP contribution in [0.2, 0.25) is 0 Å². The van der Waals surface area contributed by atoms with Crippen molar-refractivity contribution in [3.05, 3.63) is 59.1 Å². The summed E-state index contributed by atoms with van der Waals surface area (Å²) in [6.07, 6.45) is 3.62. The Balaban J connectivity index is 1.75. The molecule has 0 aliphatic rings. The van der Waals surface area contributed by atoms with E-state index >= 15 is 0 Å². The largest absolute Gasteiger partial charge is 0.497 e. The summed E-state index contributed by atoms with van der Waals surface area (Å²) in [4.78, 5) is 33.4. The van der Waals surface area contributed by atoms with E-state index in [0.717, 1.165) is 5.56 Å². The molecule has 0 aliphatic heterocycles. The van der Waals surface area contributed by atoms with Gasteiger partial charge in [0.25, 0.3) is 0 Å². The number of amides is 2. The molecule has 0 fully saturated rings. The van der Waals surface area contributed by atoms with E-state index in [1.165, 1.54) is 11.3 Å². The topological polar surface area (TPSA) is 98.1 Å². The van der Waals surface area contributed by atoms with Crippen LogP contribution in [-0.4, -0.2) is 33.5 Å². The second kappa shape index (κ2) is 9.53. The number of aromatic nitrogens is 3. The second-order valence-corrected chi connectivity index (χ2v) is 8.00. The van der Waals surface area contributed by atoms with Crippen LogP contribution in [0.1, 0.15) is 37.0 Å². The van der Waals surface area contributed by atoms with Gasteiger partial charge in [0.1, 0.15) is 17.6 Å². The van der Waals surface area contributed by atoms with E-state index in [9.17, 15) is 9.59 Å². The number of ether oxygens (including phenoxy) is 1. The highest BCUT2D eigenvalue weighted by molar-refractivity contribution is 7.13. The maximum absolute atomic E-state index is 12.8. The lowest BCUT2D eigenvalue weighted by Gasteiger charge is -2.19. The maximum Gasteiger partial charge on any atom is 0.228 e. The Kier molecular flexibility index (Phi) is 6.83. The summed E-state index contributed by atoms with van der Waals surface area (Å²) in [5, 5.41) is 8.06. The summed E-state index contributed by atoms with van der Waals surface area (Å²) >= 11 is 1.30. The first-order chi connectivity index (χ1) is 14.4. The third kappa shape index (κ3) is 5.24. The Morgan fingerprint density at radius 1 is 1.30 bits per heavy atom. The minimum absolute atomic E-state index is 0.0962. The second-order valence-electron chi connectivity index (χ2n) is 7.14. The number of benzene rings is 1. The van der Waals surface area contributed by atoms with Gasteiger partial charge in [-0.25, -0.2) is 9.97 Å². The SMILES string of the molecule is COc1cccc(C(NC(=O)Cc2csc(NC(=O)C(C)C)n2)c2nccn2C)c1. The monoisotopic (exact) mass is 427 g/mol. The van der Waals surface area contributed by atoms with Crippen molar-refractivity contribution in [2.45, 2.75) is 26.3 Å². The predicted molar refractivity (Wildman–Crippen MR) is 115 cm³/mol. The first-order valence-electron chi connectivity index (χ1n) is 9.53. The van der Waals surface area contributed by atoms with Gasteiger partial charge in [0.2, 0.25) is 11.8 Å². The van der Waals surface area contributed by atoms with Crippen molar-refractivity contribution in [2.75, 3.05) is 12.4 Å². The number of anilines is 1. The van der Waals surface area contributed by atoms with Crippen LogP contribution in [-0.2, 0) is 23.1 Å². The van der Waals surface area contributed by atoms with Gasteiger partial charge in [0.05, 0.1) is 19.2 Å². The molecule has 1 unspecified atom stereocenters. The quantitative estimate of drug-likeness (QED) is 0.576. The highest BCUT2D eigenvalue weighted by atomic mass is 32.1. The smallest absolute Gasteiger partial charge is 0.228 e. The third-order valence-electron chi connectivity index (χ3n) is 4.50. The number of rotatable bonds is 8. The summed E-state index contributed by atoms with van der Waals surface area (Å²) < 4.78 is 7.19. The van der Waals surface area contributed by atoms with Gasteiger partial charge in [-0.2, -0.15) is 0 Å². The molecule has 2 N–H and O–H groups in total. The number of nitrogens with one attached hydrogen (secondary N) is 2. The van der Waals surface area contributed by atoms with Crippen molar-refractivity contribution >= 4 is 28.3 Å². The molecule has 158 valence electrons. The Morgan fingerprint density at radius 3 is 2.77 bits per heavy atom. The summed E-state index contributed by atoms with van der Waals surface area (Å²) in [6.45, 7) is 3.63. The molecule has 9 heteroatoms. The molecule has 1 atom stereocenters. The van der Waals surface area contributed by atoms with Gasteiger partial charge in [-0.05, 0) is 17.7 Å². The van der Waals surface area contributed by atoms with Crippen molar-refractivity contribution in [1.29, 1.82) is 0 Å². The molecule has 0 saturated heterocycles. The molecular weight excluding hydrogens is 402 g/mol. The van der Waals surface area contributed by atoms with Gasteiger partial charge in [-0.15, -0.1) is 11.3 Å². The van der Waals surface area contributed by atoms with E-state index < -0.39 is 6.04 Å². The summed E-state index contributed by atoms with van der Waals surface area (Å²) in [7, 11) is 3.48. The molecule has 2 aromatic heterocycles. The lowest BCUT2D eigenvalue weighted by Crippen LogP contribution is -2.32. The van der Waals surface area contributed by atoms with Crippen LogP contribution >= 0.6 is 11.3 Å². The first-order valence-corrected chi connectivity index (χ1v) is 10.4. The molecule has 1 aromatic carbocycles. The highest BCUT2D eigenvalue weighted by Crippen LogP contribution is 2.24. The van der Waals surface area contributed by atoms with Gasteiger partial charge in [-0.1, -0.05) is 26.0 Å². The fraction of sp³-hybridized carbons (Fsp3) is 0.333. The van der Waals surface area contributed by atoms with Gasteiger partial charge in [-0.3, -0.25) is 9.59 Å². The van der Waals surface area contributed by atoms with Crippen LogP contribution < -0.4 is 15.4 Å². The van der Waals surface area contributed by atoms with E-state index in [4.69, 9.17) is 4.74 Å². The molecule has 2 amide bonds. The number of nitrogens with zero attached hydrogens (tertiary/aromatic N) is 3. The zero-order chi connectivity index (χ0) is 21.7. The van der Waals surface area contributed by atoms with E-state index in [1.54, 1.807) is 18.7 Å². The van der Waals surface area contributed by atoms with Crippen LogP contribution in [0.25, 0.3) is 0 Å². The zero-order valence-corrected chi connectivity index (χ0v) is 18.2. The lowest BCUT2D eigenvalue weighted by atomic mass is 10.1. The molecule has 30 heavy (non-hydrogen) atoms. The maximum atomic E-state index is 12.8. The van der Waals surface area contributed by atoms with Crippen molar-refractivity contribution < 1.29 is 14.3 Å². The van der Waals surface area contributed by atoms with Crippen LogP contribution in [0.15, 0.2) is 42.0 Å². The number of hydrogen-bond donors (Lipinski definition) is 2. The first kappa shape index (κ1) is 21.5. The normalized spacial score (nSPS) is 11.9. The molecule has 8 nitrogen and oxygen atoms in total. The van der Waals surface area contributed by atoms with Gasteiger partial charge < -0.3 is 19.9 Å². The summed E-state index contributed by atoms with van der Waals surface area (Å²) in [5.74, 6) is 0.971. The molecule has 3 aromatic rings. The van der Waals surface area contributed by atoms with E-state index in [0.29, 0.717) is 22.4 Å². The Hall–Kier alpha value is -3.20. The Morgan fingerprint density at radius 2 is 2.10 bits per heavy atom. The van der Waals surface area contributed by atoms with Crippen LogP contribution in [0.4, 0.5) is 5.13 Å². The molecule has 0 spiro atoms. The van der Waals surface area contributed by atoms with Gasteiger partial charge in [0.15, 0.2) is 5.13 Å². The number of thiazole rings is 1. The number of aryl methyl sites for hydroxylation is 1. The summed E-state index contributed by atoms with van der Waals surface area (Å²) in [6, 6.07) is 7.09. The molecule has 0 saturated carbocycles. The summed E-state index contributed by atoms with van der Waals surface area (Å²) in [5.41, 5.74) is 1.46. The fourth-order valence-electron chi connectivity index (χ4n) is 2.85. The molecule has 0 aliphatic carbocycles. The standard InChI is InChI=1S/C21H25N5O3S/c1-13(2)20(28)25-21-23-15(12-30-21)11-17(27)24-18(19-22-8-9-26(19)3)14-6-5-7-16(10-14)29-4/h5-10,12-13,18H,11H2,1-4H3,(H,24,27)(H,23,25,28). The van der Waals surface area contributed by atoms with Crippen molar-refractivity contribution in [3.8, 4) is 5.75 Å². The Bertz CT molecular complexity index is 1030. The Labute approximate surface area is 179 Å². The van der Waals surface area contributed by atoms with Crippen LogP contribution in [0.5, 0.6) is 5.75 Å². The predicted octanol–water partition coefficient (Wildman–Crippen LogP) is 2.93. The van der Waals surface area contributed by atoms with Crippen molar-refractivity contribution in [3.63, 3.8) is 0 Å². The molecule has 3 rings (SSSR count). The number of methoxy groups -OCH3 is 1. The third-order valence-corrected chi connectivity index (χ3v) is 5.30. The van der Waals surface area contributed by atoms with Gasteiger partial charge in [0, 0.05) is 30.7 Å². The lowest BCUT2D eigenvalue weighted by molar-refractivity contribution is -0.121. The molecule has 0 radical (unpaired) electrons. The van der Waals surface area contributed by atoms with Crippen LogP contribution in [0, 0.1) is 5.92 Å².